The summed E-state index contributed by atoms with van der Waals surface area (Å²) in [4.78, 5) is 27.6. The maximum absolute atomic E-state index is 13.5. The standard InChI is InChI=1S/C29H39FN6O3/c1-20-8-11-24-26(16-20)32-19-33-28(24)35-25(29(37)38)12-15-36(18-23(17-30)39-2)14-4-3-7-22-10-9-21-6-5-13-31-27(21)34-22/h8-11,16,19,23,25H,3-7,12-15,17-18H2,1-2H3,(H,31,34)(H,37,38)(H,32,33,35). The van der Waals surface area contributed by atoms with Crippen LogP contribution in [0.1, 0.15) is 42.5 Å². The number of pyridine rings is 1. The van der Waals surface area contributed by atoms with Crippen LogP contribution in [0.25, 0.3) is 10.9 Å². The van der Waals surface area contributed by atoms with Gasteiger partial charge in [0.05, 0.1) is 11.6 Å². The van der Waals surface area contributed by atoms with Gasteiger partial charge in [0.1, 0.15) is 30.7 Å². The molecule has 0 aliphatic carbocycles. The van der Waals surface area contributed by atoms with Crippen molar-refractivity contribution in [1.82, 2.24) is 19.9 Å². The van der Waals surface area contributed by atoms with E-state index in [-0.39, 0.29) is 0 Å². The number of carbonyl (C=O) groups is 1. The lowest BCUT2D eigenvalue weighted by Crippen LogP contribution is -2.39. The van der Waals surface area contributed by atoms with Crippen molar-refractivity contribution in [3.05, 3.63) is 53.5 Å². The molecular formula is C29H39FN6O3. The molecule has 2 atom stereocenters. The lowest BCUT2D eigenvalue weighted by molar-refractivity contribution is -0.138. The first-order valence-corrected chi connectivity index (χ1v) is 13.7. The Morgan fingerprint density at radius 1 is 1.23 bits per heavy atom. The zero-order valence-electron chi connectivity index (χ0n) is 22.8. The van der Waals surface area contributed by atoms with Crippen LogP contribution in [-0.4, -0.2) is 83.0 Å². The average Bonchev–Trinajstić information content (AvgIpc) is 2.95. The second-order valence-electron chi connectivity index (χ2n) is 10.2. The van der Waals surface area contributed by atoms with Crippen molar-refractivity contribution in [2.45, 2.75) is 57.6 Å². The quantitative estimate of drug-likeness (QED) is 0.244. The van der Waals surface area contributed by atoms with Gasteiger partial charge in [-0.2, -0.15) is 0 Å². The van der Waals surface area contributed by atoms with Crippen LogP contribution in [0.2, 0.25) is 0 Å². The number of methoxy groups -OCH3 is 1. The van der Waals surface area contributed by atoms with Crippen LogP contribution in [0.15, 0.2) is 36.7 Å². The number of alkyl halides is 1. The molecule has 0 saturated heterocycles. The van der Waals surface area contributed by atoms with Gasteiger partial charge >= 0.3 is 5.97 Å². The fraction of sp³-hybridized carbons (Fsp3) is 0.517. The highest BCUT2D eigenvalue weighted by molar-refractivity contribution is 5.91. The number of anilines is 2. The van der Waals surface area contributed by atoms with Gasteiger partial charge < -0.3 is 25.4 Å². The number of aryl methyl sites for hydroxylation is 3. The monoisotopic (exact) mass is 538 g/mol. The van der Waals surface area contributed by atoms with E-state index in [1.165, 1.54) is 19.0 Å². The van der Waals surface area contributed by atoms with Gasteiger partial charge in [0, 0.05) is 37.8 Å². The molecule has 0 spiro atoms. The highest BCUT2D eigenvalue weighted by atomic mass is 19.1. The molecule has 10 heteroatoms. The largest absolute Gasteiger partial charge is 0.480 e. The van der Waals surface area contributed by atoms with E-state index in [9.17, 15) is 14.3 Å². The number of ether oxygens (including phenoxy) is 1. The zero-order chi connectivity index (χ0) is 27.6. The lowest BCUT2D eigenvalue weighted by Gasteiger charge is -2.27. The fourth-order valence-corrected chi connectivity index (χ4v) is 4.93. The molecular weight excluding hydrogens is 499 g/mol. The number of hydrogen-bond acceptors (Lipinski definition) is 8. The topological polar surface area (TPSA) is 113 Å². The Morgan fingerprint density at radius 3 is 2.90 bits per heavy atom. The predicted octanol–water partition coefficient (Wildman–Crippen LogP) is 4.26. The number of fused-ring (bicyclic) bond motifs is 2. The Kier molecular flexibility index (Phi) is 10.4. The number of carboxylic acid groups (broad SMARTS) is 1. The highest BCUT2D eigenvalue weighted by Gasteiger charge is 2.22. The summed E-state index contributed by atoms with van der Waals surface area (Å²) in [7, 11) is 1.50. The van der Waals surface area contributed by atoms with Crippen LogP contribution in [0.3, 0.4) is 0 Å². The van der Waals surface area contributed by atoms with Crippen molar-refractivity contribution in [3.63, 3.8) is 0 Å². The van der Waals surface area contributed by atoms with Crippen molar-refractivity contribution in [2.24, 2.45) is 0 Å². The van der Waals surface area contributed by atoms with Crippen LogP contribution in [0.5, 0.6) is 0 Å². The summed E-state index contributed by atoms with van der Waals surface area (Å²) in [6.45, 7) is 3.95. The number of aliphatic carboxylic acids is 1. The molecule has 3 aromatic rings. The van der Waals surface area contributed by atoms with Crippen LogP contribution in [0, 0.1) is 6.92 Å². The van der Waals surface area contributed by atoms with Gasteiger partial charge in [0.15, 0.2) is 0 Å². The Labute approximate surface area is 229 Å². The summed E-state index contributed by atoms with van der Waals surface area (Å²) in [5.41, 5.74) is 4.17. The van der Waals surface area contributed by atoms with Crippen molar-refractivity contribution >= 4 is 28.5 Å². The van der Waals surface area contributed by atoms with Gasteiger partial charge in [-0.15, -0.1) is 0 Å². The van der Waals surface area contributed by atoms with Gasteiger partial charge in [0.25, 0.3) is 0 Å². The van der Waals surface area contributed by atoms with E-state index in [0.29, 0.717) is 31.9 Å². The number of hydrogen-bond donors (Lipinski definition) is 3. The maximum atomic E-state index is 13.5. The number of nitrogens with one attached hydrogen (secondary N) is 2. The van der Waals surface area contributed by atoms with Gasteiger partial charge in [0.2, 0.25) is 0 Å². The average molecular weight is 539 g/mol. The molecule has 0 amide bonds. The van der Waals surface area contributed by atoms with Crippen molar-refractivity contribution in [3.8, 4) is 0 Å². The number of benzene rings is 1. The first-order valence-electron chi connectivity index (χ1n) is 13.7. The van der Waals surface area contributed by atoms with Crippen molar-refractivity contribution < 1.29 is 19.0 Å². The molecule has 0 fully saturated rings. The van der Waals surface area contributed by atoms with Gasteiger partial charge in [-0.1, -0.05) is 12.1 Å². The first kappa shape index (κ1) is 28.6. The minimum Gasteiger partial charge on any atom is -0.480 e. The minimum absolute atomic E-state index is 0.327. The molecule has 210 valence electrons. The molecule has 0 radical (unpaired) electrons. The van der Waals surface area contributed by atoms with Crippen molar-refractivity contribution in [1.29, 1.82) is 0 Å². The Balaban J connectivity index is 1.35. The summed E-state index contributed by atoms with van der Waals surface area (Å²) in [5, 5.41) is 17.2. The van der Waals surface area contributed by atoms with Crippen molar-refractivity contribution in [2.75, 3.05) is 50.6 Å². The van der Waals surface area contributed by atoms with E-state index in [2.05, 4.69) is 37.6 Å². The zero-order valence-corrected chi connectivity index (χ0v) is 22.8. The molecule has 4 rings (SSSR count). The molecule has 2 aromatic heterocycles. The lowest BCUT2D eigenvalue weighted by atomic mass is 10.1. The molecule has 39 heavy (non-hydrogen) atoms. The van der Waals surface area contributed by atoms with E-state index >= 15 is 0 Å². The maximum Gasteiger partial charge on any atom is 0.326 e. The third kappa shape index (κ3) is 8.06. The summed E-state index contributed by atoms with van der Waals surface area (Å²) >= 11 is 0. The molecule has 2 unspecified atom stereocenters. The number of halogens is 1. The van der Waals surface area contributed by atoms with Crippen LogP contribution < -0.4 is 10.6 Å². The van der Waals surface area contributed by atoms with E-state index in [4.69, 9.17) is 9.72 Å². The summed E-state index contributed by atoms with van der Waals surface area (Å²) in [5.74, 6) is 0.532. The van der Waals surface area contributed by atoms with Gasteiger partial charge in [-0.25, -0.2) is 24.1 Å². The van der Waals surface area contributed by atoms with Gasteiger partial charge in [-0.3, -0.25) is 0 Å². The molecule has 3 N–H and O–H groups in total. The smallest absolute Gasteiger partial charge is 0.326 e. The molecule has 0 bridgehead atoms. The summed E-state index contributed by atoms with van der Waals surface area (Å²) < 4.78 is 18.8. The Hall–Kier alpha value is -3.37. The summed E-state index contributed by atoms with van der Waals surface area (Å²) in [6, 6.07) is 9.21. The number of nitrogens with zero attached hydrogens (tertiary/aromatic N) is 4. The Bertz CT molecular complexity index is 1240. The van der Waals surface area contributed by atoms with Crippen LogP contribution in [0.4, 0.5) is 16.0 Å². The minimum atomic E-state index is -0.963. The number of unbranched alkanes of at least 4 members (excludes halogenated alkanes) is 1. The molecule has 1 aromatic carbocycles. The van der Waals surface area contributed by atoms with Crippen LogP contribution >= 0.6 is 0 Å². The van der Waals surface area contributed by atoms with E-state index in [1.54, 1.807) is 0 Å². The highest BCUT2D eigenvalue weighted by Crippen LogP contribution is 2.22. The second-order valence-corrected chi connectivity index (χ2v) is 10.2. The molecule has 9 nitrogen and oxygen atoms in total. The molecule has 1 aliphatic heterocycles. The number of aromatic nitrogens is 3. The number of carboxylic acids is 1. The van der Waals surface area contributed by atoms with Crippen LogP contribution in [-0.2, 0) is 22.4 Å². The van der Waals surface area contributed by atoms with Gasteiger partial charge in [-0.05, 0) is 81.3 Å². The fourth-order valence-electron chi connectivity index (χ4n) is 4.93. The normalized spacial score (nSPS) is 14.6. The van der Waals surface area contributed by atoms with E-state index in [0.717, 1.165) is 66.6 Å². The molecule has 1 aliphatic rings. The molecule has 3 heterocycles. The predicted molar refractivity (Wildman–Crippen MR) is 151 cm³/mol. The summed E-state index contributed by atoms with van der Waals surface area (Å²) in [6.07, 6.45) is 6.10. The SMILES string of the molecule is COC(CF)CN(CCCCc1ccc2c(n1)NCCC2)CCC(Nc1ncnc2cc(C)ccc12)C(=O)O. The third-order valence-electron chi connectivity index (χ3n) is 7.21. The molecule has 0 saturated carbocycles. The number of rotatable bonds is 15. The van der Waals surface area contributed by atoms with E-state index in [1.807, 2.05) is 25.1 Å². The first-order chi connectivity index (χ1) is 19.0. The Morgan fingerprint density at radius 2 is 2.10 bits per heavy atom. The second kappa shape index (κ2) is 14.1. The van der Waals surface area contributed by atoms with E-state index < -0.39 is 24.8 Å². The third-order valence-corrected chi connectivity index (χ3v) is 7.21.